The number of nitrogens with one attached hydrogen (secondary N) is 2. The first-order valence-electron chi connectivity index (χ1n) is 9.26. The Kier molecular flexibility index (Phi) is 7.49. The van der Waals surface area contributed by atoms with Crippen molar-refractivity contribution in [3.8, 4) is 5.75 Å². The normalized spacial score (nSPS) is 11.4. The smallest absolute Gasteiger partial charge is 0.262 e. The lowest BCUT2D eigenvalue weighted by molar-refractivity contribution is -0.118. The van der Waals surface area contributed by atoms with Gasteiger partial charge in [-0.1, -0.05) is 48.0 Å². The van der Waals surface area contributed by atoms with E-state index < -0.39 is 0 Å². The topological polar surface area (TPSA) is 67.4 Å². The van der Waals surface area contributed by atoms with Crippen molar-refractivity contribution in [1.82, 2.24) is 5.32 Å². The molecule has 30 heavy (non-hydrogen) atoms. The highest BCUT2D eigenvalue weighted by Crippen LogP contribution is 2.28. The standard InChI is InChI=1S/C23H20BrClN2O3/c1-15(16-6-3-2-4-7-16)26-23(29)17-8-5-9-19(12-17)27-22(28)14-30-21-11-10-18(25)13-20(21)24/h2-13,15H,14H2,1H3,(H,26,29)(H,27,28). The van der Waals surface area contributed by atoms with Crippen molar-refractivity contribution in [2.45, 2.75) is 13.0 Å². The van der Waals surface area contributed by atoms with Gasteiger partial charge in [-0.25, -0.2) is 0 Å². The van der Waals surface area contributed by atoms with E-state index in [9.17, 15) is 9.59 Å². The molecular formula is C23H20BrClN2O3. The Morgan fingerprint density at radius 2 is 1.80 bits per heavy atom. The first-order valence-corrected chi connectivity index (χ1v) is 10.4. The number of carbonyl (C=O) groups is 2. The average Bonchev–Trinajstić information content (AvgIpc) is 2.74. The Balaban J connectivity index is 1.58. The van der Waals surface area contributed by atoms with Gasteiger partial charge in [-0.05, 0) is 64.8 Å². The molecule has 0 aromatic heterocycles. The molecule has 5 nitrogen and oxygen atoms in total. The van der Waals surface area contributed by atoms with E-state index in [0.29, 0.717) is 26.5 Å². The monoisotopic (exact) mass is 486 g/mol. The van der Waals surface area contributed by atoms with Gasteiger partial charge in [0.1, 0.15) is 5.75 Å². The predicted molar refractivity (Wildman–Crippen MR) is 122 cm³/mol. The van der Waals surface area contributed by atoms with Crippen molar-refractivity contribution in [3.05, 3.63) is 93.4 Å². The largest absolute Gasteiger partial charge is 0.483 e. The van der Waals surface area contributed by atoms with Gasteiger partial charge in [0.25, 0.3) is 11.8 Å². The van der Waals surface area contributed by atoms with E-state index in [1.165, 1.54) is 0 Å². The van der Waals surface area contributed by atoms with Gasteiger partial charge < -0.3 is 15.4 Å². The van der Waals surface area contributed by atoms with Crippen molar-refractivity contribution >= 4 is 45.0 Å². The molecule has 3 rings (SSSR count). The van der Waals surface area contributed by atoms with Crippen molar-refractivity contribution in [3.63, 3.8) is 0 Å². The molecule has 0 spiro atoms. The van der Waals surface area contributed by atoms with Gasteiger partial charge in [0.15, 0.2) is 6.61 Å². The third-order valence-corrected chi connectivity index (χ3v) is 5.16. The molecule has 0 saturated heterocycles. The van der Waals surface area contributed by atoms with Crippen LogP contribution in [0.15, 0.2) is 77.3 Å². The summed E-state index contributed by atoms with van der Waals surface area (Å²) in [6.07, 6.45) is 0. The van der Waals surface area contributed by atoms with Crippen molar-refractivity contribution in [1.29, 1.82) is 0 Å². The maximum Gasteiger partial charge on any atom is 0.262 e. The maximum atomic E-state index is 12.6. The van der Waals surface area contributed by atoms with E-state index in [1.807, 2.05) is 37.3 Å². The second kappa shape index (κ2) is 10.3. The zero-order valence-electron chi connectivity index (χ0n) is 16.2. The zero-order chi connectivity index (χ0) is 21.5. The van der Waals surface area contributed by atoms with E-state index in [1.54, 1.807) is 42.5 Å². The van der Waals surface area contributed by atoms with E-state index >= 15 is 0 Å². The van der Waals surface area contributed by atoms with Crippen LogP contribution in [0.3, 0.4) is 0 Å². The summed E-state index contributed by atoms with van der Waals surface area (Å²) in [6.45, 7) is 1.74. The average molecular weight is 488 g/mol. The van der Waals surface area contributed by atoms with E-state index in [2.05, 4.69) is 26.6 Å². The van der Waals surface area contributed by atoms with Crippen molar-refractivity contribution < 1.29 is 14.3 Å². The highest BCUT2D eigenvalue weighted by atomic mass is 79.9. The molecule has 0 aliphatic rings. The van der Waals surface area contributed by atoms with Gasteiger partial charge in [-0.2, -0.15) is 0 Å². The molecule has 0 aliphatic heterocycles. The van der Waals surface area contributed by atoms with Gasteiger partial charge in [0.05, 0.1) is 10.5 Å². The Hall–Kier alpha value is -2.83. The van der Waals surface area contributed by atoms with E-state index in [4.69, 9.17) is 16.3 Å². The number of amides is 2. The van der Waals surface area contributed by atoms with E-state index in [-0.39, 0.29) is 24.5 Å². The minimum absolute atomic E-state index is 0.136. The number of benzene rings is 3. The molecule has 1 unspecified atom stereocenters. The number of hydrogen-bond acceptors (Lipinski definition) is 3. The molecule has 0 bridgehead atoms. The number of carbonyl (C=O) groups excluding carboxylic acids is 2. The number of anilines is 1. The van der Waals surface area contributed by atoms with Gasteiger partial charge in [0, 0.05) is 16.3 Å². The lowest BCUT2D eigenvalue weighted by atomic mass is 10.1. The third-order valence-electron chi connectivity index (χ3n) is 4.31. The molecule has 2 N–H and O–H groups in total. The summed E-state index contributed by atoms with van der Waals surface area (Å²) >= 11 is 9.24. The Morgan fingerprint density at radius 3 is 2.53 bits per heavy atom. The first-order chi connectivity index (χ1) is 14.4. The molecule has 3 aromatic rings. The Bertz CT molecular complexity index is 1040. The van der Waals surface area contributed by atoms with Gasteiger partial charge in [0.2, 0.25) is 0 Å². The van der Waals surface area contributed by atoms with E-state index in [0.717, 1.165) is 5.56 Å². The predicted octanol–water partition coefficient (Wildman–Crippen LogP) is 5.61. The van der Waals surface area contributed by atoms with Crippen LogP contribution in [0.5, 0.6) is 5.75 Å². The summed E-state index contributed by atoms with van der Waals surface area (Å²) in [5, 5.41) is 6.26. The molecular weight excluding hydrogens is 468 g/mol. The highest BCUT2D eigenvalue weighted by Gasteiger charge is 2.13. The number of ether oxygens (including phenoxy) is 1. The molecule has 7 heteroatoms. The van der Waals surface area contributed by atoms with Crippen molar-refractivity contribution in [2.24, 2.45) is 0 Å². The summed E-state index contributed by atoms with van der Waals surface area (Å²) < 4.78 is 6.17. The third kappa shape index (κ3) is 6.08. The van der Waals surface area contributed by atoms with Gasteiger partial charge in [-0.3, -0.25) is 9.59 Å². The Labute approximate surface area is 188 Å². The fourth-order valence-corrected chi connectivity index (χ4v) is 3.57. The molecule has 1 atom stereocenters. The van der Waals surface area contributed by atoms with Crippen LogP contribution in [0.25, 0.3) is 0 Å². The molecule has 0 heterocycles. The summed E-state index contributed by atoms with van der Waals surface area (Å²) in [5.74, 6) is -0.0477. The fraction of sp³-hybridized carbons (Fsp3) is 0.130. The van der Waals surface area contributed by atoms with Crippen LogP contribution in [0.1, 0.15) is 28.9 Å². The minimum atomic E-state index is -0.341. The van der Waals surface area contributed by atoms with Gasteiger partial charge in [-0.15, -0.1) is 0 Å². The van der Waals surface area contributed by atoms with Gasteiger partial charge >= 0.3 is 0 Å². The number of hydrogen-bond donors (Lipinski definition) is 2. The number of rotatable bonds is 7. The summed E-state index contributed by atoms with van der Waals surface area (Å²) in [6, 6.07) is 21.4. The van der Waals surface area contributed by atoms with Crippen LogP contribution in [0.2, 0.25) is 5.02 Å². The fourth-order valence-electron chi connectivity index (χ4n) is 2.78. The quantitative estimate of drug-likeness (QED) is 0.455. The van der Waals surface area contributed by atoms with Crippen LogP contribution in [0.4, 0.5) is 5.69 Å². The molecule has 3 aromatic carbocycles. The molecule has 0 aliphatic carbocycles. The molecule has 154 valence electrons. The Morgan fingerprint density at radius 1 is 1.03 bits per heavy atom. The second-order valence-corrected chi connectivity index (χ2v) is 7.89. The summed E-state index contributed by atoms with van der Waals surface area (Å²) in [4.78, 5) is 24.8. The van der Waals surface area contributed by atoms with Crippen molar-refractivity contribution in [2.75, 3.05) is 11.9 Å². The minimum Gasteiger partial charge on any atom is -0.483 e. The van der Waals surface area contributed by atoms with Crippen LogP contribution in [0, 0.1) is 0 Å². The zero-order valence-corrected chi connectivity index (χ0v) is 18.5. The lowest BCUT2D eigenvalue weighted by Gasteiger charge is -2.15. The van der Waals surface area contributed by atoms with Crippen LogP contribution < -0.4 is 15.4 Å². The SMILES string of the molecule is CC(NC(=O)c1cccc(NC(=O)COc2ccc(Cl)cc2Br)c1)c1ccccc1. The second-order valence-electron chi connectivity index (χ2n) is 6.60. The summed E-state index contributed by atoms with van der Waals surface area (Å²) in [7, 11) is 0. The first kappa shape index (κ1) is 21.9. The maximum absolute atomic E-state index is 12.6. The highest BCUT2D eigenvalue weighted by molar-refractivity contribution is 9.10. The molecule has 0 radical (unpaired) electrons. The van der Waals surface area contributed by atoms with Crippen LogP contribution in [-0.2, 0) is 4.79 Å². The molecule has 0 saturated carbocycles. The molecule has 2 amide bonds. The van der Waals surface area contributed by atoms with Crippen LogP contribution >= 0.6 is 27.5 Å². The molecule has 0 fully saturated rings. The number of halogens is 2. The summed E-state index contributed by atoms with van der Waals surface area (Å²) in [5.41, 5.74) is 1.98. The lowest BCUT2D eigenvalue weighted by Crippen LogP contribution is -2.27. The van der Waals surface area contributed by atoms with Crippen LogP contribution in [-0.4, -0.2) is 18.4 Å².